The Hall–Kier alpha value is -2.65. The van der Waals surface area contributed by atoms with Crippen LogP contribution in [0.5, 0.6) is 5.75 Å². The molecule has 4 rings (SSSR count). The van der Waals surface area contributed by atoms with Crippen LogP contribution in [0.2, 0.25) is 0 Å². The van der Waals surface area contributed by atoms with Crippen LogP contribution in [0.1, 0.15) is 17.5 Å². The van der Waals surface area contributed by atoms with E-state index in [1.54, 1.807) is 0 Å². The lowest BCUT2D eigenvalue weighted by Gasteiger charge is -2.26. The fraction of sp³-hybridized carbons (Fsp3) is 0.227. The van der Waals surface area contributed by atoms with Gasteiger partial charge in [-0.2, -0.15) is 0 Å². The number of pyridine rings is 1. The average Bonchev–Trinajstić information content (AvgIpc) is 2.69. The molecule has 0 bridgehead atoms. The molecule has 1 unspecified atom stereocenters. The number of aryl methyl sites for hydroxylation is 1. The van der Waals surface area contributed by atoms with Crippen molar-refractivity contribution in [1.82, 2.24) is 10.3 Å². The monoisotopic (exact) mass is 330 g/mol. The van der Waals surface area contributed by atoms with Gasteiger partial charge >= 0.3 is 0 Å². The van der Waals surface area contributed by atoms with E-state index in [-0.39, 0.29) is 6.10 Å². The number of nitrogens with one attached hydrogen (secondary N) is 1. The van der Waals surface area contributed by atoms with Gasteiger partial charge in [0.2, 0.25) is 0 Å². The molecule has 0 fully saturated rings. The van der Waals surface area contributed by atoms with Gasteiger partial charge in [0.15, 0.2) is 0 Å². The zero-order valence-electron chi connectivity index (χ0n) is 14.2. The average molecular weight is 330 g/mol. The molecule has 0 radical (unpaired) electrons. The Kier molecular flexibility index (Phi) is 4.75. The first-order valence-corrected chi connectivity index (χ1v) is 8.83. The maximum atomic E-state index is 6.08. The second kappa shape index (κ2) is 7.49. The Labute approximate surface area is 148 Å². The number of ether oxygens (including phenoxy) is 1. The summed E-state index contributed by atoms with van der Waals surface area (Å²) >= 11 is 0. The van der Waals surface area contributed by atoms with E-state index >= 15 is 0 Å². The predicted molar refractivity (Wildman–Crippen MR) is 101 cm³/mol. The summed E-state index contributed by atoms with van der Waals surface area (Å²) in [5.41, 5.74) is 4.86. The van der Waals surface area contributed by atoms with Crippen LogP contribution >= 0.6 is 0 Å². The highest BCUT2D eigenvalue weighted by molar-refractivity contribution is 5.62. The number of rotatable bonds is 5. The molecule has 0 saturated carbocycles. The predicted octanol–water partition coefficient (Wildman–Crippen LogP) is 4.23. The summed E-state index contributed by atoms with van der Waals surface area (Å²) in [7, 11) is 0. The van der Waals surface area contributed by atoms with Crippen LogP contribution in [0, 0.1) is 0 Å². The Morgan fingerprint density at radius 1 is 0.960 bits per heavy atom. The van der Waals surface area contributed by atoms with E-state index < -0.39 is 0 Å². The van der Waals surface area contributed by atoms with Crippen LogP contribution in [-0.2, 0) is 13.0 Å². The molecule has 25 heavy (non-hydrogen) atoms. The Morgan fingerprint density at radius 2 is 1.80 bits per heavy atom. The standard InChI is InChI=1S/C22H22N2O/c1-2-6-18(7-3-1)20-12-17(13-23-15-20)14-24-16-21-11-10-19-8-4-5-9-22(19)25-21/h1-9,12-13,15,21,24H,10-11,14,16H2. The van der Waals surface area contributed by atoms with Gasteiger partial charge in [0, 0.05) is 31.0 Å². The number of nitrogens with zero attached hydrogens (tertiary/aromatic N) is 1. The molecule has 3 aromatic rings. The second-order valence-electron chi connectivity index (χ2n) is 6.47. The molecule has 0 aliphatic carbocycles. The van der Waals surface area contributed by atoms with E-state index in [1.165, 1.54) is 16.7 Å². The molecule has 1 aromatic heterocycles. The lowest BCUT2D eigenvalue weighted by molar-refractivity contribution is 0.170. The zero-order valence-corrected chi connectivity index (χ0v) is 14.2. The number of hydrogen-bond acceptors (Lipinski definition) is 3. The molecular weight excluding hydrogens is 308 g/mol. The first kappa shape index (κ1) is 15.9. The van der Waals surface area contributed by atoms with Crippen LogP contribution in [0.3, 0.4) is 0 Å². The van der Waals surface area contributed by atoms with Gasteiger partial charge < -0.3 is 10.1 Å². The lowest BCUT2D eigenvalue weighted by atomic mass is 10.0. The third kappa shape index (κ3) is 3.89. The van der Waals surface area contributed by atoms with Crippen molar-refractivity contribution in [3.63, 3.8) is 0 Å². The molecule has 1 aliphatic heterocycles. The van der Waals surface area contributed by atoms with Crippen LogP contribution in [0.25, 0.3) is 11.1 Å². The van der Waals surface area contributed by atoms with Gasteiger partial charge in [-0.25, -0.2) is 0 Å². The Morgan fingerprint density at radius 3 is 2.72 bits per heavy atom. The summed E-state index contributed by atoms with van der Waals surface area (Å²) in [6, 6.07) is 20.9. The fourth-order valence-electron chi connectivity index (χ4n) is 3.27. The number of benzene rings is 2. The fourth-order valence-corrected chi connectivity index (χ4v) is 3.27. The third-order valence-corrected chi connectivity index (χ3v) is 4.61. The molecule has 1 atom stereocenters. The van der Waals surface area contributed by atoms with Gasteiger partial charge in [0.1, 0.15) is 11.9 Å². The van der Waals surface area contributed by atoms with E-state index in [2.05, 4.69) is 58.8 Å². The summed E-state index contributed by atoms with van der Waals surface area (Å²) in [6.07, 6.45) is 6.23. The molecule has 0 saturated heterocycles. The maximum Gasteiger partial charge on any atom is 0.122 e. The van der Waals surface area contributed by atoms with Gasteiger partial charge in [-0.15, -0.1) is 0 Å². The molecule has 2 heterocycles. The maximum absolute atomic E-state index is 6.08. The van der Waals surface area contributed by atoms with Crippen molar-refractivity contribution in [2.45, 2.75) is 25.5 Å². The van der Waals surface area contributed by atoms with Gasteiger partial charge in [-0.05, 0) is 41.7 Å². The lowest BCUT2D eigenvalue weighted by Crippen LogP contribution is -2.33. The zero-order chi connectivity index (χ0) is 16.9. The number of fused-ring (bicyclic) bond motifs is 1. The number of hydrogen-bond donors (Lipinski definition) is 1. The summed E-state index contributed by atoms with van der Waals surface area (Å²) in [5.74, 6) is 1.04. The van der Waals surface area contributed by atoms with Crippen molar-refractivity contribution in [2.24, 2.45) is 0 Å². The van der Waals surface area contributed by atoms with Crippen LogP contribution in [-0.4, -0.2) is 17.6 Å². The van der Waals surface area contributed by atoms with Crippen LogP contribution < -0.4 is 10.1 Å². The first-order valence-electron chi connectivity index (χ1n) is 8.83. The molecule has 1 aliphatic rings. The van der Waals surface area contributed by atoms with Gasteiger partial charge in [-0.1, -0.05) is 48.5 Å². The largest absolute Gasteiger partial charge is 0.489 e. The molecule has 3 heteroatoms. The van der Waals surface area contributed by atoms with Crippen LogP contribution in [0.4, 0.5) is 0 Å². The summed E-state index contributed by atoms with van der Waals surface area (Å²) in [5, 5.41) is 3.52. The molecule has 1 N–H and O–H groups in total. The highest BCUT2D eigenvalue weighted by Crippen LogP contribution is 2.26. The van der Waals surface area contributed by atoms with Crippen molar-refractivity contribution >= 4 is 0 Å². The summed E-state index contributed by atoms with van der Waals surface area (Å²) in [6.45, 7) is 1.65. The topological polar surface area (TPSA) is 34.2 Å². The number of para-hydroxylation sites is 1. The number of aromatic nitrogens is 1. The second-order valence-corrected chi connectivity index (χ2v) is 6.47. The minimum atomic E-state index is 0.236. The van der Waals surface area contributed by atoms with Crippen molar-refractivity contribution in [2.75, 3.05) is 6.54 Å². The third-order valence-electron chi connectivity index (χ3n) is 4.61. The van der Waals surface area contributed by atoms with E-state index in [0.717, 1.165) is 37.2 Å². The van der Waals surface area contributed by atoms with Crippen molar-refractivity contribution in [1.29, 1.82) is 0 Å². The van der Waals surface area contributed by atoms with Crippen LogP contribution in [0.15, 0.2) is 73.1 Å². The van der Waals surface area contributed by atoms with Gasteiger partial charge in [-0.3, -0.25) is 4.98 Å². The first-order chi connectivity index (χ1) is 12.4. The Balaban J connectivity index is 1.34. The minimum absolute atomic E-state index is 0.236. The molecule has 126 valence electrons. The normalized spacial score (nSPS) is 16.1. The van der Waals surface area contributed by atoms with Crippen molar-refractivity contribution < 1.29 is 4.74 Å². The molecule has 0 spiro atoms. The van der Waals surface area contributed by atoms with Gasteiger partial charge in [0.05, 0.1) is 0 Å². The molecule has 3 nitrogen and oxygen atoms in total. The minimum Gasteiger partial charge on any atom is -0.489 e. The van der Waals surface area contributed by atoms with E-state index in [1.807, 2.05) is 24.5 Å². The van der Waals surface area contributed by atoms with Crippen molar-refractivity contribution in [3.05, 3.63) is 84.2 Å². The molecule has 0 amide bonds. The quantitative estimate of drug-likeness (QED) is 0.760. The molecule has 2 aromatic carbocycles. The van der Waals surface area contributed by atoms with Gasteiger partial charge in [0.25, 0.3) is 0 Å². The highest BCUT2D eigenvalue weighted by atomic mass is 16.5. The van der Waals surface area contributed by atoms with E-state index in [4.69, 9.17) is 4.74 Å². The van der Waals surface area contributed by atoms with E-state index in [9.17, 15) is 0 Å². The Bertz CT molecular complexity index is 832. The van der Waals surface area contributed by atoms with Crippen molar-refractivity contribution in [3.8, 4) is 16.9 Å². The molecular formula is C22H22N2O. The smallest absolute Gasteiger partial charge is 0.122 e. The van der Waals surface area contributed by atoms with E-state index in [0.29, 0.717) is 0 Å². The SMILES string of the molecule is c1ccc(-c2cncc(CNCC3CCc4ccccc4O3)c2)cc1. The highest BCUT2D eigenvalue weighted by Gasteiger charge is 2.18. The summed E-state index contributed by atoms with van der Waals surface area (Å²) < 4.78 is 6.08. The summed E-state index contributed by atoms with van der Waals surface area (Å²) in [4.78, 5) is 4.38.